The molecule has 1 aromatic carbocycles. The van der Waals surface area contributed by atoms with Gasteiger partial charge in [0.15, 0.2) is 0 Å². The summed E-state index contributed by atoms with van der Waals surface area (Å²) in [6, 6.07) is 6.05. The molecule has 1 amide bonds. The zero-order chi connectivity index (χ0) is 17.0. The number of methoxy groups -OCH3 is 1. The highest BCUT2D eigenvalue weighted by Gasteiger charge is 2.24. The number of amides is 1. The van der Waals surface area contributed by atoms with E-state index in [0.29, 0.717) is 0 Å². The molecule has 2 aromatic rings. The van der Waals surface area contributed by atoms with Crippen molar-refractivity contribution in [2.45, 2.75) is 6.92 Å². The number of hydrogen-bond acceptors (Lipinski definition) is 7. The predicted molar refractivity (Wildman–Crippen MR) is 84.1 cm³/mol. The summed E-state index contributed by atoms with van der Waals surface area (Å²) in [5.41, 5.74) is 0.0775. The van der Waals surface area contributed by atoms with Crippen molar-refractivity contribution in [1.29, 1.82) is 0 Å². The average Bonchev–Trinajstić information content (AvgIpc) is 2.48. The first kappa shape index (κ1) is 16.9. The minimum absolute atomic E-state index is 0.0516. The highest BCUT2D eigenvalue weighted by molar-refractivity contribution is 8.07. The fourth-order valence-corrected chi connectivity index (χ4v) is 2.52. The average molecular weight is 358 g/mol. The van der Waals surface area contributed by atoms with Crippen LogP contribution in [0, 0.1) is 6.92 Å². The van der Waals surface area contributed by atoms with E-state index in [1.54, 1.807) is 12.1 Å². The Bertz CT molecular complexity index is 843. The van der Waals surface area contributed by atoms with Gasteiger partial charge in [0.25, 0.3) is 0 Å². The summed E-state index contributed by atoms with van der Waals surface area (Å²) in [7, 11) is -3.06. The van der Waals surface area contributed by atoms with Crippen LogP contribution in [0.15, 0.2) is 24.3 Å². The van der Waals surface area contributed by atoms with Gasteiger partial charge in [0.05, 0.1) is 17.8 Å². The van der Waals surface area contributed by atoms with E-state index in [4.69, 9.17) is 16.3 Å². The second kappa shape index (κ2) is 6.75. The normalized spacial score (nSPS) is 10.9. The number of carbonyl (C=O) groups is 1. The number of sulfonamides is 1. The van der Waals surface area contributed by atoms with Gasteiger partial charge >= 0.3 is 21.3 Å². The lowest BCUT2D eigenvalue weighted by atomic mass is 10.3. The number of nitrogens with one attached hydrogen (secondary N) is 2. The second-order valence-electron chi connectivity index (χ2n) is 4.19. The number of rotatable bonds is 4. The van der Waals surface area contributed by atoms with Gasteiger partial charge < -0.3 is 4.74 Å². The summed E-state index contributed by atoms with van der Waals surface area (Å²) >= 11 is 5.85. The number of aryl methyl sites for hydroxylation is 1. The maximum absolute atomic E-state index is 12.0. The van der Waals surface area contributed by atoms with Crippen molar-refractivity contribution in [2.75, 3.05) is 17.1 Å². The molecule has 0 fully saturated rings. The fourth-order valence-electron chi connectivity index (χ4n) is 1.50. The monoisotopic (exact) mass is 357 g/mol. The summed E-state index contributed by atoms with van der Waals surface area (Å²) in [6.45, 7) is 1.54. The molecule has 1 aromatic heterocycles. The number of nitrogens with zero attached hydrogens (tertiary/aromatic N) is 3. The molecule has 0 unspecified atom stereocenters. The Kier molecular flexibility index (Phi) is 4.96. The predicted octanol–water partition coefficient (Wildman–Crippen LogP) is 1.82. The number of anilines is 2. The van der Waals surface area contributed by atoms with Crippen molar-refractivity contribution in [1.82, 2.24) is 15.0 Å². The van der Waals surface area contributed by atoms with E-state index in [2.05, 4.69) is 25.0 Å². The second-order valence-corrected chi connectivity index (χ2v) is 6.18. The highest BCUT2D eigenvalue weighted by atomic mass is 35.5. The van der Waals surface area contributed by atoms with Gasteiger partial charge in [-0.05, 0) is 19.1 Å². The van der Waals surface area contributed by atoms with Crippen LogP contribution >= 0.6 is 11.6 Å². The van der Waals surface area contributed by atoms with E-state index in [0.717, 1.165) is 0 Å². The first-order chi connectivity index (χ1) is 10.8. The van der Waals surface area contributed by atoms with Crippen LogP contribution in [0.1, 0.15) is 5.82 Å². The number of para-hydroxylation sites is 1. The van der Waals surface area contributed by atoms with E-state index in [1.807, 2.05) is 0 Å². The maximum Gasteiger partial charge on any atom is 0.363 e. The van der Waals surface area contributed by atoms with E-state index < -0.39 is 15.3 Å². The van der Waals surface area contributed by atoms with Gasteiger partial charge in [-0.25, -0.2) is 0 Å². The van der Waals surface area contributed by atoms with Crippen molar-refractivity contribution in [3.8, 4) is 6.01 Å². The first-order valence-corrected chi connectivity index (χ1v) is 8.03. The first-order valence-electron chi connectivity index (χ1n) is 6.17. The Balaban J connectivity index is 2.19. The molecular formula is C12H12ClN5O4S. The fraction of sp³-hybridized carbons (Fsp3) is 0.167. The highest BCUT2D eigenvalue weighted by Crippen LogP contribution is 2.22. The lowest BCUT2D eigenvalue weighted by Gasteiger charge is -2.09. The van der Waals surface area contributed by atoms with Gasteiger partial charge in [0.1, 0.15) is 5.82 Å². The summed E-state index contributed by atoms with van der Waals surface area (Å²) < 4.78 is 30.9. The lowest BCUT2D eigenvalue weighted by molar-refractivity contribution is 0.267. The Morgan fingerprint density at radius 1 is 1.22 bits per heavy atom. The number of carbonyl (C=O) groups excluding carboxylic acids is 1. The molecule has 0 saturated heterocycles. The standard InChI is InChI=1S/C12H12ClN5O4S/c1-7-14-10(16-11(15-7)22-2)17-12(19)23(20,21)18-9-6-4-3-5-8(9)13/h3-6,18H,1-2H3,(H,14,15,16,17,19). The summed E-state index contributed by atoms with van der Waals surface area (Å²) in [5.74, 6) is 0.00694. The van der Waals surface area contributed by atoms with Crippen molar-refractivity contribution in [3.63, 3.8) is 0 Å². The number of ether oxygens (including phenoxy) is 1. The molecule has 0 atom stereocenters. The van der Waals surface area contributed by atoms with E-state index in [-0.39, 0.29) is 28.5 Å². The molecule has 0 radical (unpaired) electrons. The van der Waals surface area contributed by atoms with E-state index in [1.165, 1.54) is 26.2 Å². The van der Waals surface area contributed by atoms with Crippen LogP contribution in [-0.2, 0) is 10.0 Å². The van der Waals surface area contributed by atoms with Crippen molar-refractivity contribution in [2.24, 2.45) is 0 Å². The molecule has 0 aliphatic rings. The SMILES string of the molecule is COc1nc(C)nc(NC(=O)S(=O)(=O)Nc2ccccc2Cl)n1. The minimum Gasteiger partial charge on any atom is -0.467 e. The number of hydrogen-bond donors (Lipinski definition) is 2. The van der Waals surface area contributed by atoms with Crippen LogP contribution in [0.4, 0.5) is 16.4 Å². The number of aromatic nitrogens is 3. The van der Waals surface area contributed by atoms with E-state index in [9.17, 15) is 13.2 Å². The van der Waals surface area contributed by atoms with E-state index >= 15 is 0 Å². The zero-order valence-electron chi connectivity index (χ0n) is 12.1. The third-order valence-corrected chi connectivity index (χ3v) is 3.89. The smallest absolute Gasteiger partial charge is 0.363 e. The van der Waals surface area contributed by atoms with Gasteiger partial charge in [-0.1, -0.05) is 23.7 Å². The molecule has 0 spiro atoms. The molecule has 9 nitrogen and oxygen atoms in total. The minimum atomic E-state index is -4.39. The Morgan fingerprint density at radius 2 is 1.91 bits per heavy atom. The Morgan fingerprint density at radius 3 is 2.57 bits per heavy atom. The van der Waals surface area contributed by atoms with Gasteiger partial charge in [-0.15, -0.1) is 0 Å². The van der Waals surface area contributed by atoms with Gasteiger partial charge in [-0.3, -0.25) is 14.8 Å². The molecule has 0 bridgehead atoms. The summed E-state index contributed by atoms with van der Waals surface area (Å²) in [5, 5.41) is 0.874. The van der Waals surface area contributed by atoms with Crippen molar-refractivity contribution < 1.29 is 17.9 Å². The number of benzene rings is 1. The van der Waals surface area contributed by atoms with Crippen LogP contribution in [0.25, 0.3) is 0 Å². The topological polar surface area (TPSA) is 123 Å². The molecule has 2 N–H and O–H groups in total. The molecule has 23 heavy (non-hydrogen) atoms. The largest absolute Gasteiger partial charge is 0.467 e. The molecule has 122 valence electrons. The van der Waals surface area contributed by atoms with Crippen molar-refractivity contribution in [3.05, 3.63) is 35.1 Å². The Labute approximate surface area is 137 Å². The van der Waals surface area contributed by atoms with Gasteiger partial charge in [-0.2, -0.15) is 23.4 Å². The summed E-state index contributed by atoms with van der Waals surface area (Å²) in [6.07, 6.45) is 0. The van der Waals surface area contributed by atoms with Crippen LogP contribution in [-0.4, -0.2) is 35.7 Å². The molecule has 1 heterocycles. The molecule has 0 saturated carbocycles. The summed E-state index contributed by atoms with van der Waals surface area (Å²) in [4.78, 5) is 23.3. The molecule has 2 rings (SSSR count). The molecular weight excluding hydrogens is 346 g/mol. The lowest BCUT2D eigenvalue weighted by Crippen LogP contribution is -2.28. The van der Waals surface area contributed by atoms with Crippen LogP contribution in [0.2, 0.25) is 5.02 Å². The third kappa shape index (κ3) is 4.27. The molecule has 11 heteroatoms. The number of halogens is 1. The van der Waals surface area contributed by atoms with Crippen LogP contribution in [0.3, 0.4) is 0 Å². The Hall–Kier alpha value is -2.46. The maximum atomic E-state index is 12.0. The van der Waals surface area contributed by atoms with Crippen LogP contribution in [0.5, 0.6) is 6.01 Å². The zero-order valence-corrected chi connectivity index (χ0v) is 13.6. The third-order valence-electron chi connectivity index (χ3n) is 2.49. The quantitative estimate of drug-likeness (QED) is 0.855. The molecule has 0 aliphatic heterocycles. The van der Waals surface area contributed by atoms with Gasteiger partial charge in [0.2, 0.25) is 5.95 Å². The van der Waals surface area contributed by atoms with Crippen molar-refractivity contribution >= 4 is 38.5 Å². The van der Waals surface area contributed by atoms with Gasteiger partial charge in [0, 0.05) is 0 Å². The van der Waals surface area contributed by atoms with Crippen LogP contribution < -0.4 is 14.8 Å². The molecule has 0 aliphatic carbocycles.